The molecule has 0 amide bonds. The number of rotatable bonds is 4. The van der Waals surface area contributed by atoms with Crippen LogP contribution in [-0.2, 0) is 6.54 Å². The van der Waals surface area contributed by atoms with E-state index in [9.17, 15) is 0 Å². The Morgan fingerprint density at radius 3 is 2.42 bits per heavy atom. The highest BCUT2D eigenvalue weighted by Crippen LogP contribution is 2.32. The van der Waals surface area contributed by atoms with E-state index in [1.807, 2.05) is 6.07 Å². The van der Waals surface area contributed by atoms with Crippen LogP contribution in [0.5, 0.6) is 0 Å². The monoisotopic (exact) mass is 255 g/mol. The standard InChI is InChI=1S/C16H21N3/c1-16(2,3)15(13-7-5-4-6-8-13)19-12-14-11-17-9-10-18-14/h4-11,15,19H,12H2,1-3H3. The number of nitrogens with one attached hydrogen (secondary N) is 1. The third-order valence-corrected chi connectivity index (χ3v) is 3.10. The van der Waals surface area contributed by atoms with Gasteiger partial charge in [0.15, 0.2) is 0 Å². The van der Waals surface area contributed by atoms with Gasteiger partial charge >= 0.3 is 0 Å². The summed E-state index contributed by atoms with van der Waals surface area (Å²) in [4.78, 5) is 8.40. The Bertz CT molecular complexity index is 488. The summed E-state index contributed by atoms with van der Waals surface area (Å²) in [6.07, 6.45) is 5.23. The lowest BCUT2D eigenvalue weighted by Gasteiger charge is -2.32. The van der Waals surface area contributed by atoms with Gasteiger partial charge in [0.05, 0.1) is 5.69 Å². The third kappa shape index (κ3) is 3.86. The molecule has 2 rings (SSSR count). The van der Waals surface area contributed by atoms with Crippen molar-refractivity contribution in [1.29, 1.82) is 0 Å². The second-order valence-corrected chi connectivity index (χ2v) is 5.79. The molecule has 0 aliphatic carbocycles. The Hall–Kier alpha value is -1.74. The summed E-state index contributed by atoms with van der Waals surface area (Å²) in [5.74, 6) is 0. The van der Waals surface area contributed by atoms with Crippen molar-refractivity contribution in [2.45, 2.75) is 33.4 Å². The molecule has 0 spiro atoms. The molecule has 0 aliphatic rings. The van der Waals surface area contributed by atoms with Gasteiger partial charge in [-0.2, -0.15) is 0 Å². The van der Waals surface area contributed by atoms with Gasteiger partial charge in [-0.1, -0.05) is 51.1 Å². The van der Waals surface area contributed by atoms with Gasteiger partial charge in [-0.25, -0.2) is 0 Å². The number of hydrogen-bond acceptors (Lipinski definition) is 3. The minimum absolute atomic E-state index is 0.142. The highest BCUT2D eigenvalue weighted by molar-refractivity contribution is 5.21. The van der Waals surface area contributed by atoms with Gasteiger partial charge in [-0.05, 0) is 11.0 Å². The van der Waals surface area contributed by atoms with Crippen LogP contribution in [0.25, 0.3) is 0 Å². The summed E-state index contributed by atoms with van der Waals surface area (Å²) >= 11 is 0. The molecule has 0 saturated carbocycles. The highest BCUT2D eigenvalue weighted by Gasteiger charge is 2.25. The fourth-order valence-corrected chi connectivity index (χ4v) is 2.20. The van der Waals surface area contributed by atoms with Gasteiger partial charge in [0.1, 0.15) is 0 Å². The predicted octanol–water partition coefficient (Wildman–Crippen LogP) is 3.35. The van der Waals surface area contributed by atoms with E-state index in [4.69, 9.17) is 0 Å². The second-order valence-electron chi connectivity index (χ2n) is 5.79. The zero-order valence-corrected chi connectivity index (χ0v) is 11.8. The van der Waals surface area contributed by atoms with Crippen molar-refractivity contribution in [3.05, 3.63) is 60.2 Å². The van der Waals surface area contributed by atoms with E-state index in [0.29, 0.717) is 0 Å². The molecule has 3 heteroatoms. The summed E-state index contributed by atoms with van der Waals surface area (Å²) in [7, 11) is 0. The van der Waals surface area contributed by atoms with Crippen LogP contribution in [0.4, 0.5) is 0 Å². The number of nitrogens with zero attached hydrogens (tertiary/aromatic N) is 2. The van der Waals surface area contributed by atoms with Gasteiger partial charge in [0.2, 0.25) is 0 Å². The maximum atomic E-state index is 4.30. The third-order valence-electron chi connectivity index (χ3n) is 3.10. The Morgan fingerprint density at radius 2 is 1.84 bits per heavy atom. The van der Waals surface area contributed by atoms with E-state index in [1.165, 1.54) is 5.56 Å². The maximum Gasteiger partial charge on any atom is 0.0724 e. The Morgan fingerprint density at radius 1 is 1.11 bits per heavy atom. The molecule has 3 nitrogen and oxygen atoms in total. The molecule has 0 bridgehead atoms. The molecule has 1 N–H and O–H groups in total. The first-order valence-corrected chi connectivity index (χ1v) is 6.60. The summed E-state index contributed by atoms with van der Waals surface area (Å²) in [5.41, 5.74) is 2.41. The molecule has 0 aliphatic heterocycles. The number of aromatic nitrogens is 2. The van der Waals surface area contributed by atoms with Gasteiger partial charge in [0, 0.05) is 31.2 Å². The molecule has 1 aromatic carbocycles. The highest BCUT2D eigenvalue weighted by atomic mass is 15.0. The molecular weight excluding hydrogens is 234 g/mol. The Labute approximate surface area is 115 Å². The molecule has 0 fully saturated rings. The molecule has 0 saturated heterocycles. The Kier molecular flexibility index (Phi) is 4.27. The van der Waals surface area contributed by atoms with Crippen molar-refractivity contribution in [3.8, 4) is 0 Å². The van der Waals surface area contributed by atoms with E-state index in [-0.39, 0.29) is 11.5 Å². The van der Waals surface area contributed by atoms with Crippen LogP contribution in [0.15, 0.2) is 48.9 Å². The van der Waals surface area contributed by atoms with E-state index in [2.05, 4.69) is 60.3 Å². The predicted molar refractivity (Wildman–Crippen MR) is 77.5 cm³/mol. The summed E-state index contributed by atoms with van der Waals surface area (Å²) < 4.78 is 0. The molecule has 1 unspecified atom stereocenters. The van der Waals surface area contributed by atoms with Crippen molar-refractivity contribution in [2.75, 3.05) is 0 Å². The zero-order chi connectivity index (χ0) is 13.7. The molecule has 19 heavy (non-hydrogen) atoms. The van der Waals surface area contributed by atoms with Gasteiger partial charge in [0.25, 0.3) is 0 Å². The normalized spacial score (nSPS) is 13.2. The van der Waals surface area contributed by atoms with Crippen LogP contribution >= 0.6 is 0 Å². The van der Waals surface area contributed by atoms with Gasteiger partial charge in [-0.15, -0.1) is 0 Å². The Balaban J connectivity index is 2.12. The van der Waals surface area contributed by atoms with Gasteiger partial charge in [-0.3, -0.25) is 9.97 Å². The summed E-state index contributed by atoms with van der Waals surface area (Å²) in [5, 5.41) is 3.59. The second kappa shape index (κ2) is 5.93. The number of benzene rings is 1. The van der Waals surface area contributed by atoms with E-state index in [1.54, 1.807) is 18.6 Å². The molecule has 1 heterocycles. The maximum absolute atomic E-state index is 4.30. The molecule has 1 atom stereocenters. The largest absolute Gasteiger partial charge is 0.304 e. The quantitative estimate of drug-likeness (QED) is 0.910. The van der Waals surface area contributed by atoms with Crippen LogP contribution in [-0.4, -0.2) is 9.97 Å². The topological polar surface area (TPSA) is 37.8 Å². The van der Waals surface area contributed by atoms with E-state index in [0.717, 1.165) is 12.2 Å². The fraction of sp³-hybridized carbons (Fsp3) is 0.375. The zero-order valence-electron chi connectivity index (χ0n) is 11.8. The van der Waals surface area contributed by atoms with Crippen molar-refractivity contribution in [2.24, 2.45) is 5.41 Å². The SMILES string of the molecule is CC(C)(C)C(NCc1cnccn1)c1ccccc1. The fourth-order valence-electron chi connectivity index (χ4n) is 2.20. The molecule has 1 aromatic heterocycles. The van der Waals surface area contributed by atoms with Crippen molar-refractivity contribution in [1.82, 2.24) is 15.3 Å². The van der Waals surface area contributed by atoms with Crippen LogP contribution < -0.4 is 5.32 Å². The average molecular weight is 255 g/mol. The van der Waals surface area contributed by atoms with Crippen LogP contribution in [0.1, 0.15) is 38.1 Å². The summed E-state index contributed by atoms with van der Waals surface area (Å²) in [6, 6.07) is 10.8. The van der Waals surface area contributed by atoms with E-state index < -0.39 is 0 Å². The van der Waals surface area contributed by atoms with Crippen LogP contribution in [0, 0.1) is 5.41 Å². The van der Waals surface area contributed by atoms with Gasteiger partial charge < -0.3 is 5.32 Å². The summed E-state index contributed by atoms with van der Waals surface area (Å²) in [6.45, 7) is 7.46. The van der Waals surface area contributed by atoms with Crippen molar-refractivity contribution >= 4 is 0 Å². The lowest BCUT2D eigenvalue weighted by atomic mass is 9.82. The molecule has 100 valence electrons. The van der Waals surface area contributed by atoms with Crippen LogP contribution in [0.3, 0.4) is 0 Å². The molecule has 2 aromatic rings. The lowest BCUT2D eigenvalue weighted by molar-refractivity contribution is 0.270. The first-order valence-electron chi connectivity index (χ1n) is 6.60. The average Bonchev–Trinajstić information content (AvgIpc) is 2.40. The lowest BCUT2D eigenvalue weighted by Crippen LogP contribution is -2.32. The molecule has 0 radical (unpaired) electrons. The van der Waals surface area contributed by atoms with Crippen molar-refractivity contribution in [3.63, 3.8) is 0 Å². The van der Waals surface area contributed by atoms with Crippen LogP contribution in [0.2, 0.25) is 0 Å². The van der Waals surface area contributed by atoms with E-state index >= 15 is 0 Å². The minimum Gasteiger partial charge on any atom is -0.304 e. The number of hydrogen-bond donors (Lipinski definition) is 1. The smallest absolute Gasteiger partial charge is 0.0724 e. The first-order chi connectivity index (χ1) is 9.07. The molecular formula is C16H21N3. The van der Waals surface area contributed by atoms with Crippen molar-refractivity contribution < 1.29 is 0 Å². The minimum atomic E-state index is 0.142. The first kappa shape index (κ1) is 13.7.